The molecule has 0 bridgehead atoms. The van der Waals surface area contributed by atoms with Crippen molar-refractivity contribution in [2.75, 3.05) is 13.1 Å². The maximum Gasteiger partial charge on any atom is 0.227 e. The van der Waals surface area contributed by atoms with Crippen molar-refractivity contribution in [2.24, 2.45) is 11.8 Å². The second-order valence-corrected chi connectivity index (χ2v) is 6.14. The Labute approximate surface area is 147 Å². The van der Waals surface area contributed by atoms with Gasteiger partial charge in [0.1, 0.15) is 11.6 Å². The van der Waals surface area contributed by atoms with Crippen LogP contribution in [0.25, 0.3) is 0 Å². The van der Waals surface area contributed by atoms with E-state index >= 15 is 0 Å². The summed E-state index contributed by atoms with van der Waals surface area (Å²) in [6, 6.07) is 6.01. The fourth-order valence-electron chi connectivity index (χ4n) is 2.94. The minimum Gasteiger partial charge on any atom is -0.485 e. The summed E-state index contributed by atoms with van der Waals surface area (Å²) in [4.78, 5) is 4.37. The Morgan fingerprint density at radius 1 is 1.46 bits per heavy atom. The van der Waals surface area contributed by atoms with Crippen LogP contribution in [0.3, 0.4) is 0 Å². The van der Waals surface area contributed by atoms with Gasteiger partial charge in [-0.25, -0.2) is 4.39 Å². The van der Waals surface area contributed by atoms with Crippen molar-refractivity contribution in [3.05, 3.63) is 41.8 Å². The maximum atomic E-state index is 13.1. The van der Waals surface area contributed by atoms with E-state index in [-0.39, 0.29) is 24.8 Å². The number of aromatic nitrogens is 2. The lowest BCUT2D eigenvalue weighted by molar-refractivity contribution is 0.254. The third kappa shape index (κ3) is 5.18. The Morgan fingerprint density at radius 3 is 3.08 bits per heavy atom. The molecular formula is C17H23ClFN3O2. The number of nitrogens with zero attached hydrogens (tertiary/aromatic N) is 2. The Kier molecular flexibility index (Phi) is 6.99. The quantitative estimate of drug-likeness (QED) is 0.860. The Balaban J connectivity index is 0.00000208. The first-order valence-corrected chi connectivity index (χ1v) is 8.11. The van der Waals surface area contributed by atoms with Crippen LogP contribution in [-0.4, -0.2) is 23.2 Å². The third-order valence-electron chi connectivity index (χ3n) is 4.31. The summed E-state index contributed by atoms with van der Waals surface area (Å²) in [6.07, 6.45) is 3.25. The molecule has 1 aliphatic rings. The van der Waals surface area contributed by atoms with Crippen LogP contribution in [0.2, 0.25) is 0 Å². The zero-order chi connectivity index (χ0) is 16.1. The van der Waals surface area contributed by atoms with Crippen LogP contribution in [0, 0.1) is 17.7 Å². The van der Waals surface area contributed by atoms with Crippen molar-refractivity contribution in [1.29, 1.82) is 0 Å². The van der Waals surface area contributed by atoms with Gasteiger partial charge in [0.2, 0.25) is 11.7 Å². The van der Waals surface area contributed by atoms with Gasteiger partial charge >= 0.3 is 0 Å². The molecule has 5 nitrogen and oxygen atoms in total. The van der Waals surface area contributed by atoms with Crippen molar-refractivity contribution < 1.29 is 13.7 Å². The molecule has 2 heterocycles. The summed E-state index contributed by atoms with van der Waals surface area (Å²) in [5.74, 6) is 2.41. The average Bonchev–Trinajstić information content (AvgIpc) is 3.01. The lowest BCUT2D eigenvalue weighted by Crippen LogP contribution is -2.33. The largest absolute Gasteiger partial charge is 0.485 e. The first kappa shape index (κ1) is 18.7. The molecule has 0 saturated carbocycles. The zero-order valence-electron chi connectivity index (χ0n) is 13.7. The van der Waals surface area contributed by atoms with E-state index in [4.69, 9.17) is 9.26 Å². The molecule has 132 valence electrons. The fourth-order valence-corrected chi connectivity index (χ4v) is 2.94. The maximum absolute atomic E-state index is 13.1. The highest BCUT2D eigenvalue weighted by atomic mass is 35.5. The van der Waals surface area contributed by atoms with Gasteiger partial charge in [-0.3, -0.25) is 0 Å². The zero-order valence-corrected chi connectivity index (χ0v) is 14.5. The van der Waals surface area contributed by atoms with Gasteiger partial charge < -0.3 is 14.6 Å². The van der Waals surface area contributed by atoms with Gasteiger partial charge in [0.25, 0.3) is 0 Å². The van der Waals surface area contributed by atoms with Crippen molar-refractivity contribution in [3.63, 3.8) is 0 Å². The standard InChI is InChI=1S/C17H22FN3O2.ClH/c1-12(13-4-3-7-19-10-13)8-17-20-16(21-23-17)11-22-15-6-2-5-14(18)9-15;/h2,5-6,9,12-13,19H,3-4,7-8,10-11H2,1H3;1H. The van der Waals surface area contributed by atoms with E-state index in [0.717, 1.165) is 19.5 Å². The van der Waals surface area contributed by atoms with E-state index in [0.29, 0.717) is 29.3 Å². The SMILES string of the molecule is CC(Cc1nc(COc2cccc(F)c2)no1)C1CCCNC1.Cl. The summed E-state index contributed by atoms with van der Waals surface area (Å²) >= 11 is 0. The molecule has 3 rings (SSSR count). The molecule has 0 aliphatic carbocycles. The molecule has 1 aliphatic heterocycles. The van der Waals surface area contributed by atoms with Crippen LogP contribution < -0.4 is 10.1 Å². The van der Waals surface area contributed by atoms with E-state index in [1.54, 1.807) is 12.1 Å². The molecule has 0 radical (unpaired) electrons. The molecule has 1 fully saturated rings. The van der Waals surface area contributed by atoms with Crippen LogP contribution in [0.5, 0.6) is 5.75 Å². The topological polar surface area (TPSA) is 60.2 Å². The lowest BCUT2D eigenvalue weighted by atomic mass is 9.85. The number of piperidine rings is 1. The molecule has 0 amide bonds. The summed E-state index contributed by atoms with van der Waals surface area (Å²) < 4.78 is 23.9. The summed E-state index contributed by atoms with van der Waals surface area (Å²) in [6.45, 7) is 4.58. The van der Waals surface area contributed by atoms with Crippen LogP contribution in [0.15, 0.2) is 28.8 Å². The lowest BCUT2D eigenvalue weighted by Gasteiger charge is -2.27. The Morgan fingerprint density at radius 2 is 2.33 bits per heavy atom. The monoisotopic (exact) mass is 355 g/mol. The van der Waals surface area contributed by atoms with E-state index in [2.05, 4.69) is 22.4 Å². The van der Waals surface area contributed by atoms with Gasteiger partial charge in [-0.15, -0.1) is 12.4 Å². The molecule has 2 atom stereocenters. The molecule has 24 heavy (non-hydrogen) atoms. The van der Waals surface area contributed by atoms with Crippen molar-refractivity contribution in [3.8, 4) is 5.75 Å². The first-order valence-electron chi connectivity index (χ1n) is 8.11. The van der Waals surface area contributed by atoms with Crippen molar-refractivity contribution in [2.45, 2.75) is 32.8 Å². The molecule has 1 aromatic heterocycles. The number of halogens is 2. The van der Waals surface area contributed by atoms with Crippen LogP contribution in [-0.2, 0) is 13.0 Å². The number of benzene rings is 1. The van der Waals surface area contributed by atoms with Gasteiger partial charge in [-0.05, 0) is 49.9 Å². The smallest absolute Gasteiger partial charge is 0.227 e. The Hall–Kier alpha value is -1.66. The molecule has 1 saturated heterocycles. The second-order valence-electron chi connectivity index (χ2n) is 6.14. The van der Waals surface area contributed by atoms with Gasteiger partial charge in [0.05, 0.1) is 0 Å². The second kappa shape index (κ2) is 8.99. The normalized spacial score (nSPS) is 18.7. The summed E-state index contributed by atoms with van der Waals surface area (Å²) in [7, 11) is 0. The van der Waals surface area contributed by atoms with Crippen LogP contribution >= 0.6 is 12.4 Å². The van der Waals surface area contributed by atoms with Gasteiger partial charge in [0.15, 0.2) is 6.61 Å². The number of ether oxygens (including phenoxy) is 1. The minimum absolute atomic E-state index is 0. The summed E-state index contributed by atoms with van der Waals surface area (Å²) in [5, 5.41) is 7.36. The third-order valence-corrected chi connectivity index (χ3v) is 4.31. The van der Waals surface area contributed by atoms with E-state index < -0.39 is 0 Å². The van der Waals surface area contributed by atoms with E-state index in [1.807, 2.05) is 0 Å². The van der Waals surface area contributed by atoms with Gasteiger partial charge in [-0.1, -0.05) is 18.1 Å². The van der Waals surface area contributed by atoms with Gasteiger partial charge in [-0.2, -0.15) is 4.98 Å². The molecule has 2 unspecified atom stereocenters. The van der Waals surface area contributed by atoms with Crippen LogP contribution in [0.4, 0.5) is 4.39 Å². The number of hydrogen-bond acceptors (Lipinski definition) is 5. The van der Waals surface area contributed by atoms with E-state index in [9.17, 15) is 4.39 Å². The molecular weight excluding hydrogens is 333 g/mol. The van der Waals surface area contributed by atoms with Crippen molar-refractivity contribution in [1.82, 2.24) is 15.5 Å². The predicted octanol–water partition coefficient (Wildman–Crippen LogP) is 3.39. The fraction of sp³-hybridized carbons (Fsp3) is 0.529. The average molecular weight is 356 g/mol. The first-order chi connectivity index (χ1) is 11.2. The molecule has 1 aromatic carbocycles. The number of nitrogens with one attached hydrogen (secondary N) is 1. The highest BCUT2D eigenvalue weighted by molar-refractivity contribution is 5.85. The van der Waals surface area contributed by atoms with Crippen LogP contribution in [0.1, 0.15) is 31.5 Å². The van der Waals surface area contributed by atoms with E-state index in [1.165, 1.54) is 25.0 Å². The Bertz CT molecular complexity index is 632. The molecule has 2 aromatic rings. The molecule has 1 N–H and O–H groups in total. The highest BCUT2D eigenvalue weighted by Crippen LogP contribution is 2.23. The van der Waals surface area contributed by atoms with Crippen molar-refractivity contribution >= 4 is 12.4 Å². The number of rotatable bonds is 6. The molecule has 7 heteroatoms. The minimum atomic E-state index is -0.328. The summed E-state index contributed by atoms with van der Waals surface area (Å²) in [5.41, 5.74) is 0. The predicted molar refractivity (Wildman–Crippen MR) is 90.7 cm³/mol. The van der Waals surface area contributed by atoms with Gasteiger partial charge in [0, 0.05) is 12.5 Å². The number of hydrogen-bond donors (Lipinski definition) is 1. The molecule has 0 spiro atoms. The highest BCUT2D eigenvalue weighted by Gasteiger charge is 2.22.